The number of hydrogen-bond donors (Lipinski definition) is 5. The number of H-pyrrole nitrogens is 1. The number of methoxy groups -OCH3 is 3. The normalized spacial score (nSPS) is 11.6. The number of rotatable bonds is 27. The van der Waals surface area contributed by atoms with E-state index in [4.69, 9.17) is 51.9 Å². The molecule has 6 N–H and O–H groups in total. The number of phenols is 1. The molecule has 15 aromatic carbocycles. The predicted molar refractivity (Wildman–Crippen MR) is 591 cm³/mol. The third kappa shape index (κ3) is 26.2. The Hall–Kier alpha value is -15.3. The average molecular weight is 1970 g/mol. The van der Waals surface area contributed by atoms with Crippen LogP contribution in [-0.2, 0) is 0 Å². The highest BCUT2D eigenvalue weighted by atomic mass is 32.2. The number of aliphatic hydroxyl groups excluding tert-OH is 1. The van der Waals surface area contributed by atoms with Gasteiger partial charge in [-0.3, -0.25) is 23.1 Å². The molecule has 0 radical (unpaired) electrons. The molecule has 1 fully saturated rings. The average Bonchev–Trinajstić information content (AvgIpc) is 1.64. The van der Waals surface area contributed by atoms with Gasteiger partial charge in [-0.15, -0.1) is 0 Å². The number of aliphatic hydroxyl groups is 1. The number of nitrogens with one attached hydrogen (secondary N) is 2. The van der Waals surface area contributed by atoms with Crippen LogP contribution in [0.25, 0.3) is 113 Å². The van der Waals surface area contributed by atoms with E-state index in [9.17, 15) is 15.0 Å². The smallest absolute Gasteiger partial charge is 0.195 e. The van der Waals surface area contributed by atoms with Gasteiger partial charge in [0.1, 0.15) is 34.9 Å². The van der Waals surface area contributed by atoms with Gasteiger partial charge in [0, 0.05) is 85.1 Å². The lowest BCUT2D eigenvalue weighted by molar-refractivity contribution is 0.0747. The summed E-state index contributed by atoms with van der Waals surface area (Å²) in [5.41, 5.74) is 28.6. The fourth-order valence-corrected chi connectivity index (χ4v) is 18.6. The Morgan fingerprint density at radius 2 is 0.690 bits per heavy atom. The van der Waals surface area contributed by atoms with Gasteiger partial charge < -0.3 is 50.1 Å². The zero-order valence-corrected chi connectivity index (χ0v) is 83.9. The van der Waals surface area contributed by atoms with E-state index < -0.39 is 6.10 Å². The molecule has 1 unspecified atom stereocenters. The number of aromatic hydroxyl groups is 1. The van der Waals surface area contributed by atoms with Crippen LogP contribution in [0.15, 0.2) is 440 Å². The monoisotopic (exact) mass is 1970 g/mol. The zero-order valence-electron chi connectivity index (χ0n) is 79.8. The second kappa shape index (κ2) is 51.6. The van der Waals surface area contributed by atoms with Crippen LogP contribution in [0.2, 0.25) is 0 Å². The first-order valence-electron chi connectivity index (χ1n) is 46.6. The molecule has 0 spiro atoms. The van der Waals surface area contributed by atoms with Crippen LogP contribution >= 0.6 is 59.7 Å². The Morgan fingerprint density at radius 1 is 0.387 bits per heavy atom. The number of aromatic nitrogens is 8. The highest BCUT2D eigenvalue weighted by Gasteiger charge is 2.27. The number of hydrogen-bond acceptors (Lipinski definition) is 16. The fourth-order valence-electron chi connectivity index (χ4n) is 16.5. The first-order chi connectivity index (χ1) is 69.7. The molecule has 1 aliphatic heterocycles. The van der Waals surface area contributed by atoms with E-state index in [0.717, 1.165) is 177 Å². The first kappa shape index (κ1) is 101. The molecule has 5 heterocycles. The van der Waals surface area contributed by atoms with Gasteiger partial charge in [-0.1, -0.05) is 345 Å². The van der Waals surface area contributed by atoms with Crippen molar-refractivity contribution in [2.24, 2.45) is 5.73 Å². The van der Waals surface area contributed by atoms with Crippen molar-refractivity contribution in [1.82, 2.24) is 43.1 Å². The molecule has 1 aliphatic rings. The summed E-state index contributed by atoms with van der Waals surface area (Å²) in [6.45, 7) is 4.37. The number of thioether (sulfide) groups is 3. The molecule has 19 aromatic rings. The van der Waals surface area contributed by atoms with E-state index in [1.165, 1.54) is 32.4 Å². The van der Waals surface area contributed by atoms with Crippen molar-refractivity contribution in [3.8, 4) is 142 Å². The molecule has 1 atom stereocenters. The van der Waals surface area contributed by atoms with Gasteiger partial charge in [0.15, 0.2) is 31.1 Å². The lowest BCUT2D eigenvalue weighted by Crippen LogP contribution is -2.31. The Morgan fingerprint density at radius 3 is 1.04 bits per heavy atom. The molecular formula is C119H111N11O7S5. The molecule has 0 aliphatic carbocycles. The van der Waals surface area contributed by atoms with Gasteiger partial charge in [0.05, 0.1) is 73.5 Å². The molecule has 4 aromatic heterocycles. The molecule has 18 nitrogen and oxygen atoms in total. The molecular weight excluding hydrogens is 1860 g/mol. The summed E-state index contributed by atoms with van der Waals surface area (Å²) in [7, 11) is 4.97. The maximum absolute atomic E-state index is 11.9. The summed E-state index contributed by atoms with van der Waals surface area (Å²) in [5.74, 6) is 3.37. The van der Waals surface area contributed by atoms with Crippen LogP contribution in [0, 0.1) is 4.77 Å². The minimum absolute atomic E-state index is 0.254. The number of ketones is 1. The number of benzene rings is 15. The van der Waals surface area contributed by atoms with Crippen molar-refractivity contribution >= 4 is 76.3 Å². The Bertz CT molecular complexity index is 7200. The van der Waals surface area contributed by atoms with Gasteiger partial charge in [-0.2, -0.15) is 0 Å². The molecule has 23 heteroatoms. The Labute approximate surface area is 853 Å². The SMILES string of the molecule is COc1ccc(-n2c(-c3ccccc3)c(-c3ccccc3)[nH]c2=S)cc1.COc1ccc(-n2c(SC)nc(-c3ccccc3)c2-c2ccccc2)cc1.COc1ccc(NC(N)=S)cc1.CSc1nc(-c2ccccc2)c(-c2ccccc2)n1-c1ccc(O)cc1.CSc1nc(-c2ccccc2)c(-c2ccccc2)n1-c1ccc(OCCCN2CCCCC2)cc1.O=C(c1ccccc1)C(O)c1ccccc1. The second-order valence-corrected chi connectivity index (χ2v) is 35.7. The summed E-state index contributed by atoms with van der Waals surface area (Å²) < 4.78 is 31.0. The number of likely N-dealkylation sites (tertiary alicyclic amines) is 1. The van der Waals surface area contributed by atoms with Crippen molar-refractivity contribution in [2.75, 3.05) is 71.7 Å². The Kier molecular flexibility index (Phi) is 36.7. The predicted octanol–water partition coefficient (Wildman–Crippen LogP) is 28.6. The molecule has 0 bridgehead atoms. The fraction of sp³-hybridized carbons (Fsp3) is 0.126. The Balaban J connectivity index is 0.000000132. The van der Waals surface area contributed by atoms with Crippen LogP contribution < -0.4 is 30.0 Å². The van der Waals surface area contributed by atoms with Crippen molar-refractivity contribution in [2.45, 2.75) is 47.3 Å². The van der Waals surface area contributed by atoms with Crippen molar-refractivity contribution in [3.05, 3.63) is 441 Å². The highest BCUT2D eigenvalue weighted by Crippen LogP contribution is 2.43. The number of ether oxygens (including phenoxy) is 4. The number of imidazole rings is 4. The molecule has 20 rings (SSSR count). The number of piperidine rings is 1. The standard InChI is InChI=1S/C30H33N3OS.C23H20N2OS.2C22H18N2OS.C14H12O2.C8H10N2OS/c1-35-30-31-28(24-12-5-2-6-13-24)29(25-14-7-3-8-15-25)33(30)26-16-18-27(19-17-26)34-23-11-22-32-20-9-4-10-21-32;1-26-20-15-13-19(14-16-20)25-22(18-11-7-4-8-12-18)21(24-23(25)27-2)17-9-5-3-6-10-17;1-26-22-23-20(16-8-4-2-5-9-16)21(17-10-6-3-7-11-17)24(22)18-12-14-19(25)15-13-18;1-25-19-14-12-18(13-15-19)24-21(17-10-6-3-7-11-17)20(23-22(24)26)16-8-4-2-5-9-16;15-13(11-7-3-1-4-8-11)14(16)12-9-5-2-6-10-12;1-11-7-4-2-6(3-5-7)10-8(9)12/h2-3,5-8,12-19H,4,9-11,20-23H2,1H3;3-16H,1-2H3;2-15,25H,1H3;2-15H,1H3,(H,23,26);1-10,13,15H;2-5H,1H3,(H3,9,10,12). The largest absolute Gasteiger partial charge is 0.508 e. The third-order valence-corrected chi connectivity index (χ3v) is 25.7. The summed E-state index contributed by atoms with van der Waals surface area (Å²) in [6.07, 6.45) is 10.2. The van der Waals surface area contributed by atoms with Crippen LogP contribution in [0.5, 0.6) is 28.7 Å². The minimum atomic E-state index is -1.08. The van der Waals surface area contributed by atoms with E-state index >= 15 is 0 Å². The van der Waals surface area contributed by atoms with Crippen LogP contribution in [0.1, 0.15) is 47.7 Å². The number of thiocarbonyl (C=S) groups is 1. The van der Waals surface area contributed by atoms with Crippen LogP contribution in [0.3, 0.4) is 0 Å². The van der Waals surface area contributed by atoms with Gasteiger partial charge in [0.2, 0.25) is 0 Å². The van der Waals surface area contributed by atoms with Gasteiger partial charge >= 0.3 is 0 Å². The number of nitrogens with zero attached hydrogens (tertiary/aromatic N) is 8. The van der Waals surface area contributed by atoms with Crippen LogP contribution in [-0.4, -0.2) is 131 Å². The molecule has 142 heavy (non-hydrogen) atoms. The summed E-state index contributed by atoms with van der Waals surface area (Å²) in [6, 6.07) is 140. The maximum Gasteiger partial charge on any atom is 0.195 e. The van der Waals surface area contributed by atoms with Crippen molar-refractivity contribution < 1.29 is 34.0 Å². The van der Waals surface area contributed by atoms with E-state index in [-0.39, 0.29) is 16.6 Å². The molecule has 0 saturated carbocycles. The lowest BCUT2D eigenvalue weighted by atomic mass is 10.0. The maximum atomic E-state index is 11.9. The number of carbonyl (C=O) groups is 1. The quantitative estimate of drug-likeness (QED) is 0.0140. The minimum Gasteiger partial charge on any atom is -0.508 e. The topological polar surface area (TPSA) is 210 Å². The summed E-state index contributed by atoms with van der Waals surface area (Å²) in [5, 5.41) is 25.5. The van der Waals surface area contributed by atoms with Crippen molar-refractivity contribution in [3.63, 3.8) is 0 Å². The van der Waals surface area contributed by atoms with Gasteiger partial charge in [0.25, 0.3) is 0 Å². The number of phenolic OH excluding ortho intramolecular Hbond substituents is 1. The second-order valence-electron chi connectivity index (χ2n) is 32.6. The summed E-state index contributed by atoms with van der Waals surface area (Å²) in [4.78, 5) is 32.9. The van der Waals surface area contributed by atoms with E-state index in [0.29, 0.717) is 15.9 Å². The van der Waals surface area contributed by atoms with Gasteiger partial charge in [-0.25, -0.2) is 15.0 Å². The molecule has 714 valence electrons. The van der Waals surface area contributed by atoms with Crippen LogP contribution in [0.4, 0.5) is 5.69 Å². The van der Waals surface area contributed by atoms with E-state index in [1.807, 2.05) is 182 Å². The summed E-state index contributed by atoms with van der Waals surface area (Å²) >= 11 is 15.3. The number of nitrogens with two attached hydrogens (primary N) is 1. The van der Waals surface area contributed by atoms with Gasteiger partial charge in [-0.05, 0) is 202 Å². The highest BCUT2D eigenvalue weighted by molar-refractivity contribution is 7.98. The third-order valence-electron chi connectivity index (χ3n) is 23.4. The molecule has 0 amide bonds. The van der Waals surface area contributed by atoms with E-state index in [1.54, 1.807) is 117 Å². The van der Waals surface area contributed by atoms with E-state index in [2.05, 4.69) is 246 Å². The molecule has 1 saturated heterocycles. The number of aromatic amines is 1. The zero-order chi connectivity index (χ0) is 98.7. The lowest BCUT2D eigenvalue weighted by Gasteiger charge is -2.26. The number of anilines is 1. The van der Waals surface area contributed by atoms with Crippen molar-refractivity contribution in [1.29, 1.82) is 0 Å². The number of carbonyl (C=O) groups excluding carboxylic acids is 1. The first-order valence-corrected chi connectivity index (χ1v) is 51.1. The number of Topliss-reactive ketones (excluding diaryl/α,β-unsaturated/α-hetero) is 1.